The fraction of sp³-hybridized carbons (Fsp3) is 0.625. The Morgan fingerprint density at radius 2 is 1.74 bits per heavy atom. The lowest BCUT2D eigenvalue weighted by molar-refractivity contribution is -0.285. The van der Waals surface area contributed by atoms with Gasteiger partial charge in [0.15, 0.2) is 12.5 Å². The van der Waals surface area contributed by atoms with Crippen LogP contribution in [0.2, 0.25) is 0 Å². The molecule has 2 aliphatic rings. The Morgan fingerprint density at radius 3 is 2.45 bits per heavy atom. The molecule has 0 bridgehead atoms. The van der Waals surface area contributed by atoms with E-state index in [0.717, 1.165) is 4.57 Å². The third-order valence-electron chi connectivity index (χ3n) is 4.72. The number of aliphatic hydroxyl groups excluding tert-OH is 4. The lowest BCUT2D eigenvalue weighted by Crippen LogP contribution is -2.58. The molecule has 3 rings (SSSR count). The molecule has 174 valence electrons. The Labute approximate surface area is 174 Å². The topological polar surface area (TPSA) is 210 Å². The highest BCUT2D eigenvalue weighted by Gasteiger charge is 2.44. The van der Waals surface area contributed by atoms with Crippen molar-refractivity contribution in [3.8, 4) is 0 Å². The summed E-state index contributed by atoms with van der Waals surface area (Å²) in [6.45, 7) is 0.348. The quantitative estimate of drug-likeness (QED) is 0.178. The summed E-state index contributed by atoms with van der Waals surface area (Å²) in [5.74, 6) is 0. The molecule has 3 unspecified atom stereocenters. The summed E-state index contributed by atoms with van der Waals surface area (Å²) in [5.41, 5.74) is -0.925. The van der Waals surface area contributed by atoms with Crippen LogP contribution in [0.5, 0.6) is 0 Å². The first-order valence-corrected chi connectivity index (χ1v) is 10.6. The van der Waals surface area contributed by atoms with Crippen LogP contribution >= 0.6 is 7.82 Å². The van der Waals surface area contributed by atoms with Crippen molar-refractivity contribution >= 4 is 7.82 Å². The van der Waals surface area contributed by atoms with Crippen molar-refractivity contribution in [2.75, 3.05) is 13.2 Å². The molecule has 0 saturated carbocycles. The first-order valence-electron chi connectivity index (χ1n) is 9.14. The number of ether oxygens (including phenoxy) is 2. The minimum atomic E-state index is -4.66. The maximum Gasteiger partial charge on any atom is 0.472 e. The number of hydrogen-bond donors (Lipinski definition) is 6. The highest BCUT2D eigenvalue weighted by atomic mass is 31.2. The van der Waals surface area contributed by atoms with Gasteiger partial charge in [-0.15, -0.1) is 0 Å². The second kappa shape index (κ2) is 9.42. The molecule has 1 aromatic heterocycles. The molecule has 14 nitrogen and oxygen atoms in total. The average molecular weight is 466 g/mol. The van der Waals surface area contributed by atoms with E-state index < -0.39 is 75.3 Å². The summed E-state index contributed by atoms with van der Waals surface area (Å²) in [5, 5.41) is 38.3. The van der Waals surface area contributed by atoms with Crippen molar-refractivity contribution in [2.24, 2.45) is 0 Å². The number of hydrogen-bond acceptors (Lipinski definition) is 11. The largest absolute Gasteiger partial charge is 0.472 e. The standard InChI is InChI=1S/C16H23N2O12P/c1-7-4-18(16(24)17-14(7)22)10-3-2-8(29-10)5-27-31(25,26)28-6-9-11(19)12(20)13(21)15(23)30-9/h2-4,8-13,15,19-21,23H,5-6H2,1H3,(H,25,26)(H,17,22,24)/t8-,9-,10?,11-,12+,13-,15?/m1/s1. The van der Waals surface area contributed by atoms with Crippen LogP contribution in [0, 0.1) is 6.92 Å². The first-order chi connectivity index (χ1) is 14.5. The van der Waals surface area contributed by atoms with Gasteiger partial charge >= 0.3 is 13.5 Å². The van der Waals surface area contributed by atoms with Gasteiger partial charge in [-0.25, -0.2) is 9.36 Å². The molecule has 8 atom stereocenters. The third-order valence-corrected chi connectivity index (χ3v) is 5.67. The van der Waals surface area contributed by atoms with Crippen molar-refractivity contribution in [3.63, 3.8) is 0 Å². The van der Waals surface area contributed by atoms with Gasteiger partial charge in [-0.05, 0) is 13.0 Å². The smallest absolute Gasteiger partial charge is 0.387 e. The van der Waals surface area contributed by atoms with Crippen molar-refractivity contribution in [1.82, 2.24) is 9.55 Å². The van der Waals surface area contributed by atoms with Crippen LogP contribution in [0.1, 0.15) is 11.8 Å². The number of rotatable bonds is 7. The molecular formula is C16H23N2O12P. The van der Waals surface area contributed by atoms with Crippen molar-refractivity contribution < 1.29 is 48.4 Å². The minimum Gasteiger partial charge on any atom is -0.387 e. The highest BCUT2D eigenvalue weighted by Crippen LogP contribution is 2.44. The van der Waals surface area contributed by atoms with Gasteiger partial charge in [0.05, 0.1) is 13.2 Å². The van der Waals surface area contributed by atoms with Crippen molar-refractivity contribution in [2.45, 2.75) is 50.0 Å². The van der Waals surface area contributed by atoms with Crippen molar-refractivity contribution in [3.05, 3.63) is 44.8 Å². The van der Waals surface area contributed by atoms with Gasteiger partial charge in [0, 0.05) is 11.8 Å². The molecule has 3 heterocycles. The van der Waals surface area contributed by atoms with Gasteiger partial charge in [-0.3, -0.25) is 23.4 Å². The molecule has 0 spiro atoms. The molecule has 6 N–H and O–H groups in total. The van der Waals surface area contributed by atoms with E-state index >= 15 is 0 Å². The Balaban J connectivity index is 1.51. The van der Waals surface area contributed by atoms with Crippen LogP contribution in [0.15, 0.2) is 27.9 Å². The number of aromatic nitrogens is 2. The summed E-state index contributed by atoms with van der Waals surface area (Å²) in [4.78, 5) is 35.3. The predicted octanol–water partition coefficient (Wildman–Crippen LogP) is -2.77. The van der Waals surface area contributed by atoms with Gasteiger partial charge in [0.25, 0.3) is 5.56 Å². The molecule has 2 aliphatic heterocycles. The predicted molar refractivity (Wildman–Crippen MR) is 99.7 cm³/mol. The van der Waals surface area contributed by atoms with E-state index in [1.807, 2.05) is 0 Å². The lowest BCUT2D eigenvalue weighted by Gasteiger charge is -2.38. The summed E-state index contributed by atoms with van der Waals surface area (Å²) in [6.07, 6.45) is -5.78. The molecule has 15 heteroatoms. The van der Waals surface area contributed by atoms with Crippen LogP contribution < -0.4 is 11.2 Å². The van der Waals surface area contributed by atoms with Crippen molar-refractivity contribution in [1.29, 1.82) is 0 Å². The molecule has 0 amide bonds. The average Bonchev–Trinajstić information content (AvgIpc) is 3.18. The molecule has 0 aliphatic carbocycles. The maximum absolute atomic E-state index is 12.1. The number of phosphoric acid groups is 1. The second-order valence-electron chi connectivity index (χ2n) is 7.03. The maximum atomic E-state index is 12.1. The van der Waals surface area contributed by atoms with Crippen LogP contribution in [-0.2, 0) is 23.1 Å². The van der Waals surface area contributed by atoms with E-state index in [9.17, 15) is 39.5 Å². The molecule has 1 fully saturated rings. The zero-order valence-corrected chi connectivity index (χ0v) is 17.1. The van der Waals surface area contributed by atoms with E-state index in [4.69, 9.17) is 18.5 Å². The van der Waals surface area contributed by atoms with Gasteiger partial charge in [0.2, 0.25) is 0 Å². The molecular weight excluding hydrogens is 443 g/mol. The Bertz CT molecular complexity index is 976. The van der Waals surface area contributed by atoms with Crippen LogP contribution in [0.3, 0.4) is 0 Å². The minimum absolute atomic E-state index is 0.291. The lowest BCUT2D eigenvalue weighted by atomic mass is 10.00. The number of aromatic amines is 1. The fourth-order valence-corrected chi connectivity index (χ4v) is 3.70. The number of aliphatic hydroxyl groups is 4. The Morgan fingerprint density at radius 1 is 1.06 bits per heavy atom. The number of H-pyrrole nitrogens is 1. The zero-order chi connectivity index (χ0) is 22.9. The van der Waals surface area contributed by atoms with E-state index in [2.05, 4.69) is 4.98 Å². The summed E-state index contributed by atoms with van der Waals surface area (Å²) >= 11 is 0. The van der Waals surface area contributed by atoms with Crippen LogP contribution in [0.25, 0.3) is 0 Å². The van der Waals surface area contributed by atoms with Gasteiger partial charge in [-0.2, -0.15) is 0 Å². The molecule has 1 saturated heterocycles. The van der Waals surface area contributed by atoms with Gasteiger partial charge in [-0.1, -0.05) is 6.08 Å². The Hall–Kier alpha value is -1.71. The van der Waals surface area contributed by atoms with Gasteiger partial charge in [0.1, 0.15) is 30.5 Å². The van der Waals surface area contributed by atoms with Crippen LogP contribution in [-0.4, -0.2) is 84.9 Å². The van der Waals surface area contributed by atoms with E-state index in [1.165, 1.54) is 25.3 Å². The van der Waals surface area contributed by atoms with E-state index in [0.29, 0.717) is 5.56 Å². The van der Waals surface area contributed by atoms with E-state index in [1.54, 1.807) is 0 Å². The molecule has 0 radical (unpaired) electrons. The number of nitrogens with zero attached hydrogens (tertiary/aromatic N) is 1. The summed E-state index contributed by atoms with van der Waals surface area (Å²) < 4.78 is 33.1. The molecule has 0 aromatic carbocycles. The summed E-state index contributed by atoms with van der Waals surface area (Å²) in [6, 6.07) is 0. The number of phosphoric ester groups is 1. The summed E-state index contributed by atoms with van der Waals surface area (Å²) in [7, 11) is -4.66. The normalized spacial score (nSPS) is 35.2. The number of nitrogens with one attached hydrogen (secondary N) is 1. The first kappa shape index (κ1) is 23.9. The SMILES string of the molecule is Cc1cn(C2C=C[C@H](COP(=O)(O)OC[C@H]3OC(O)[C@H](O)[C@@H](O)[C@@H]3O)O2)c(=O)[nH]c1=O. The van der Waals surface area contributed by atoms with Gasteiger partial charge < -0.3 is 34.8 Å². The number of aryl methyl sites for hydroxylation is 1. The fourth-order valence-electron chi connectivity index (χ4n) is 2.96. The zero-order valence-electron chi connectivity index (χ0n) is 16.2. The second-order valence-corrected chi connectivity index (χ2v) is 8.48. The van der Waals surface area contributed by atoms with Crippen LogP contribution in [0.4, 0.5) is 0 Å². The monoisotopic (exact) mass is 466 g/mol. The highest BCUT2D eigenvalue weighted by molar-refractivity contribution is 7.47. The third kappa shape index (κ3) is 5.56. The Kier molecular flexibility index (Phi) is 7.28. The van der Waals surface area contributed by atoms with E-state index in [-0.39, 0.29) is 0 Å². The molecule has 31 heavy (non-hydrogen) atoms. The molecule has 1 aromatic rings.